The first-order valence-corrected chi connectivity index (χ1v) is 6.98. The average Bonchev–Trinajstić information content (AvgIpc) is 2.48. The molecule has 5 heteroatoms. The summed E-state index contributed by atoms with van der Waals surface area (Å²) in [4.78, 5) is 0. The number of rotatable bonds is 5. The van der Waals surface area contributed by atoms with Gasteiger partial charge in [-0.3, -0.25) is 11.3 Å². The SMILES string of the molecule is COc1ccc(CC(NN)c2cccc(Br)c2F)cc1. The van der Waals surface area contributed by atoms with Crippen LogP contribution in [0.4, 0.5) is 4.39 Å². The number of halogens is 2. The number of hydrogen-bond donors (Lipinski definition) is 2. The molecule has 0 saturated heterocycles. The van der Waals surface area contributed by atoms with Crippen LogP contribution in [0.1, 0.15) is 17.2 Å². The lowest BCUT2D eigenvalue weighted by Crippen LogP contribution is -2.30. The zero-order valence-electron chi connectivity index (χ0n) is 11.1. The zero-order valence-corrected chi connectivity index (χ0v) is 12.7. The van der Waals surface area contributed by atoms with Crippen molar-refractivity contribution in [1.29, 1.82) is 0 Å². The molecule has 0 heterocycles. The Morgan fingerprint density at radius 1 is 1.25 bits per heavy atom. The van der Waals surface area contributed by atoms with E-state index in [-0.39, 0.29) is 11.9 Å². The fourth-order valence-electron chi connectivity index (χ4n) is 2.05. The highest BCUT2D eigenvalue weighted by Gasteiger charge is 2.16. The summed E-state index contributed by atoms with van der Waals surface area (Å²) in [6.45, 7) is 0. The van der Waals surface area contributed by atoms with Crippen LogP contribution < -0.4 is 16.0 Å². The largest absolute Gasteiger partial charge is 0.497 e. The summed E-state index contributed by atoms with van der Waals surface area (Å²) in [6.07, 6.45) is 0.591. The van der Waals surface area contributed by atoms with Crippen molar-refractivity contribution in [3.8, 4) is 5.75 Å². The van der Waals surface area contributed by atoms with Crippen LogP contribution in [-0.2, 0) is 6.42 Å². The fourth-order valence-corrected chi connectivity index (χ4v) is 2.43. The van der Waals surface area contributed by atoms with Gasteiger partial charge in [-0.1, -0.05) is 24.3 Å². The Bertz CT molecular complexity index is 575. The summed E-state index contributed by atoms with van der Waals surface area (Å²) >= 11 is 3.19. The molecule has 0 fully saturated rings. The molecule has 106 valence electrons. The third kappa shape index (κ3) is 3.36. The highest BCUT2D eigenvalue weighted by Crippen LogP contribution is 2.26. The first-order chi connectivity index (χ1) is 9.65. The molecular weight excluding hydrogens is 323 g/mol. The van der Waals surface area contributed by atoms with Crippen molar-refractivity contribution in [2.24, 2.45) is 5.84 Å². The highest BCUT2D eigenvalue weighted by molar-refractivity contribution is 9.10. The fraction of sp³-hybridized carbons (Fsp3) is 0.200. The molecule has 0 radical (unpaired) electrons. The molecule has 3 N–H and O–H groups in total. The summed E-state index contributed by atoms with van der Waals surface area (Å²) in [5.74, 6) is 6.07. The van der Waals surface area contributed by atoms with Crippen LogP contribution in [0.5, 0.6) is 5.75 Å². The highest BCUT2D eigenvalue weighted by atomic mass is 79.9. The van der Waals surface area contributed by atoms with Crippen LogP contribution in [0.2, 0.25) is 0 Å². The predicted octanol–water partition coefficient (Wildman–Crippen LogP) is 3.34. The number of nitrogens with two attached hydrogens (primary N) is 1. The maximum Gasteiger partial charge on any atom is 0.142 e. The molecule has 0 bridgehead atoms. The monoisotopic (exact) mass is 338 g/mol. The van der Waals surface area contributed by atoms with Gasteiger partial charge in [-0.15, -0.1) is 0 Å². The smallest absolute Gasteiger partial charge is 0.142 e. The predicted molar refractivity (Wildman–Crippen MR) is 80.9 cm³/mol. The van der Waals surface area contributed by atoms with Gasteiger partial charge in [-0.2, -0.15) is 0 Å². The van der Waals surface area contributed by atoms with Crippen LogP contribution in [-0.4, -0.2) is 7.11 Å². The third-order valence-electron chi connectivity index (χ3n) is 3.16. The maximum atomic E-state index is 14.1. The van der Waals surface area contributed by atoms with Gasteiger partial charge in [0.25, 0.3) is 0 Å². The second kappa shape index (κ2) is 6.83. The molecule has 0 aliphatic heterocycles. The number of hydrogen-bond acceptors (Lipinski definition) is 3. The zero-order chi connectivity index (χ0) is 14.5. The Balaban J connectivity index is 2.21. The van der Waals surface area contributed by atoms with E-state index in [9.17, 15) is 4.39 Å². The minimum atomic E-state index is -0.291. The van der Waals surface area contributed by atoms with E-state index >= 15 is 0 Å². The summed E-state index contributed by atoms with van der Waals surface area (Å²) in [7, 11) is 1.62. The van der Waals surface area contributed by atoms with Crippen LogP contribution in [0, 0.1) is 5.82 Å². The maximum absolute atomic E-state index is 14.1. The van der Waals surface area contributed by atoms with Crippen molar-refractivity contribution >= 4 is 15.9 Å². The van der Waals surface area contributed by atoms with Gasteiger partial charge in [0, 0.05) is 5.56 Å². The van der Waals surface area contributed by atoms with Gasteiger partial charge in [0.1, 0.15) is 11.6 Å². The Morgan fingerprint density at radius 3 is 2.55 bits per heavy atom. The third-order valence-corrected chi connectivity index (χ3v) is 3.77. The molecule has 20 heavy (non-hydrogen) atoms. The molecule has 0 aliphatic rings. The summed E-state index contributed by atoms with van der Waals surface area (Å²) in [5, 5.41) is 0. The van der Waals surface area contributed by atoms with Gasteiger partial charge in [-0.25, -0.2) is 4.39 Å². The molecular formula is C15H16BrFN2O. The Kier molecular flexibility index (Phi) is 5.11. The quantitative estimate of drug-likeness (QED) is 0.649. The van der Waals surface area contributed by atoms with Gasteiger partial charge < -0.3 is 4.74 Å². The van der Waals surface area contributed by atoms with E-state index in [0.29, 0.717) is 16.5 Å². The van der Waals surface area contributed by atoms with E-state index in [1.54, 1.807) is 25.3 Å². The second-order valence-electron chi connectivity index (χ2n) is 4.41. The summed E-state index contributed by atoms with van der Waals surface area (Å²) in [5.41, 5.74) is 4.26. The Hall–Kier alpha value is -1.43. The Morgan fingerprint density at radius 2 is 1.95 bits per heavy atom. The van der Waals surface area contributed by atoms with Crippen LogP contribution in [0.3, 0.4) is 0 Å². The first kappa shape index (κ1) is 15.0. The molecule has 2 aromatic carbocycles. The minimum absolute atomic E-state index is 0.288. The molecule has 0 spiro atoms. The van der Waals surface area contributed by atoms with Crippen molar-refractivity contribution in [3.63, 3.8) is 0 Å². The van der Waals surface area contributed by atoms with Crippen molar-refractivity contribution < 1.29 is 9.13 Å². The van der Waals surface area contributed by atoms with Gasteiger partial charge in [-0.05, 0) is 46.1 Å². The van der Waals surface area contributed by atoms with E-state index in [2.05, 4.69) is 21.4 Å². The van der Waals surface area contributed by atoms with Gasteiger partial charge in [0.05, 0.1) is 17.6 Å². The van der Waals surface area contributed by atoms with E-state index in [1.165, 1.54) is 0 Å². The van der Waals surface area contributed by atoms with Crippen LogP contribution >= 0.6 is 15.9 Å². The van der Waals surface area contributed by atoms with E-state index < -0.39 is 0 Å². The topological polar surface area (TPSA) is 47.3 Å². The van der Waals surface area contributed by atoms with E-state index in [1.807, 2.05) is 24.3 Å². The van der Waals surface area contributed by atoms with Crippen LogP contribution in [0.15, 0.2) is 46.9 Å². The first-order valence-electron chi connectivity index (χ1n) is 6.18. The lowest BCUT2D eigenvalue weighted by molar-refractivity contribution is 0.414. The van der Waals surface area contributed by atoms with Crippen molar-refractivity contribution in [2.45, 2.75) is 12.5 Å². The molecule has 1 atom stereocenters. The number of methoxy groups -OCH3 is 1. The Labute approximate surface area is 126 Å². The minimum Gasteiger partial charge on any atom is -0.497 e. The number of hydrazine groups is 1. The molecule has 0 aromatic heterocycles. The lowest BCUT2D eigenvalue weighted by Gasteiger charge is -2.18. The van der Waals surface area contributed by atoms with Gasteiger partial charge >= 0.3 is 0 Å². The average molecular weight is 339 g/mol. The number of ether oxygens (including phenoxy) is 1. The normalized spacial score (nSPS) is 12.2. The summed E-state index contributed by atoms with van der Waals surface area (Å²) in [6, 6.07) is 12.5. The number of nitrogens with one attached hydrogen (secondary N) is 1. The standard InChI is InChI=1S/C15H16BrFN2O/c1-20-11-7-5-10(6-8-11)9-14(19-18)12-3-2-4-13(16)15(12)17/h2-8,14,19H,9,18H2,1H3. The molecule has 0 aliphatic carbocycles. The summed E-state index contributed by atoms with van der Waals surface area (Å²) < 4.78 is 19.6. The van der Waals surface area contributed by atoms with Crippen molar-refractivity contribution in [3.05, 3.63) is 63.9 Å². The van der Waals surface area contributed by atoms with Gasteiger partial charge in [0.2, 0.25) is 0 Å². The van der Waals surface area contributed by atoms with E-state index in [0.717, 1.165) is 11.3 Å². The molecule has 1 unspecified atom stereocenters. The molecule has 2 aromatic rings. The molecule has 2 rings (SSSR count). The van der Waals surface area contributed by atoms with Gasteiger partial charge in [0.15, 0.2) is 0 Å². The van der Waals surface area contributed by atoms with E-state index in [4.69, 9.17) is 10.6 Å². The number of benzene rings is 2. The molecule has 0 saturated carbocycles. The lowest BCUT2D eigenvalue weighted by atomic mass is 9.99. The van der Waals surface area contributed by atoms with Crippen molar-refractivity contribution in [1.82, 2.24) is 5.43 Å². The molecule has 3 nitrogen and oxygen atoms in total. The van der Waals surface area contributed by atoms with Crippen molar-refractivity contribution in [2.75, 3.05) is 7.11 Å². The second-order valence-corrected chi connectivity index (χ2v) is 5.27. The van der Waals surface area contributed by atoms with Crippen LogP contribution in [0.25, 0.3) is 0 Å². The molecule has 0 amide bonds.